The molecule has 0 saturated heterocycles. The third kappa shape index (κ3) is 2.40. The van der Waals surface area contributed by atoms with Crippen LogP contribution in [0.5, 0.6) is 0 Å². The van der Waals surface area contributed by atoms with Gasteiger partial charge in [-0.1, -0.05) is 23.8 Å². The van der Waals surface area contributed by atoms with E-state index in [1.165, 1.54) is 5.57 Å². The summed E-state index contributed by atoms with van der Waals surface area (Å²) < 4.78 is 5.09. The molecule has 1 fully saturated rings. The highest BCUT2D eigenvalue weighted by molar-refractivity contribution is 5.76. The van der Waals surface area contributed by atoms with Gasteiger partial charge >= 0.3 is 11.9 Å². The number of carbonyl (C=O) groups is 2. The monoisotopic (exact) mass is 236 g/mol. The van der Waals surface area contributed by atoms with E-state index in [1.54, 1.807) is 0 Å². The van der Waals surface area contributed by atoms with Crippen LogP contribution in [0.15, 0.2) is 23.8 Å². The molecular formula is C13H16O4. The second-order valence-electron chi connectivity index (χ2n) is 4.73. The minimum Gasteiger partial charge on any atom is -0.481 e. The molecule has 1 saturated carbocycles. The first-order chi connectivity index (χ1) is 8.04. The Morgan fingerprint density at radius 2 is 2.29 bits per heavy atom. The molecule has 1 N–H and O–H groups in total. The Hall–Kier alpha value is -1.58. The molecule has 2 aliphatic carbocycles. The third-order valence-electron chi connectivity index (χ3n) is 3.62. The molecule has 4 nitrogen and oxygen atoms in total. The normalized spacial score (nSPS) is 29.2. The van der Waals surface area contributed by atoms with Gasteiger partial charge in [0, 0.05) is 11.3 Å². The zero-order chi connectivity index (χ0) is 12.5. The number of allylic oxidation sites excluding steroid dienone is 4. The zero-order valence-corrected chi connectivity index (χ0v) is 9.81. The van der Waals surface area contributed by atoms with Crippen LogP contribution in [0, 0.1) is 11.3 Å². The Morgan fingerprint density at radius 1 is 1.53 bits per heavy atom. The number of carboxylic acids is 1. The van der Waals surface area contributed by atoms with Gasteiger partial charge in [-0.3, -0.25) is 9.59 Å². The van der Waals surface area contributed by atoms with Crippen molar-refractivity contribution in [3.8, 4) is 0 Å². The van der Waals surface area contributed by atoms with Gasteiger partial charge in [-0.15, -0.1) is 0 Å². The Bertz CT molecular complexity index is 408. The summed E-state index contributed by atoms with van der Waals surface area (Å²) >= 11 is 0. The van der Waals surface area contributed by atoms with E-state index in [0.29, 0.717) is 12.5 Å². The standard InChI is InChI=1S/C13H16O4/c1-9-3-2-6-13(9)7-10(13)8-17-12(16)5-4-11(14)15/h2-3,6,10H,4-5,7-8H2,1H3,(H,14,15). The third-order valence-corrected chi connectivity index (χ3v) is 3.62. The summed E-state index contributed by atoms with van der Waals surface area (Å²) in [6.45, 7) is 2.49. The first kappa shape index (κ1) is 11.9. The average Bonchev–Trinajstić information content (AvgIpc) is 2.86. The van der Waals surface area contributed by atoms with Crippen molar-refractivity contribution in [2.24, 2.45) is 11.3 Å². The minimum absolute atomic E-state index is 0.0420. The van der Waals surface area contributed by atoms with E-state index in [0.717, 1.165) is 6.42 Å². The van der Waals surface area contributed by atoms with E-state index in [2.05, 4.69) is 19.1 Å². The Balaban J connectivity index is 1.71. The Labute approximate surface area is 100.0 Å². The minimum atomic E-state index is -0.970. The fourth-order valence-electron chi connectivity index (χ4n) is 2.37. The molecule has 0 aromatic rings. The molecular weight excluding hydrogens is 220 g/mol. The van der Waals surface area contributed by atoms with Crippen molar-refractivity contribution in [3.63, 3.8) is 0 Å². The summed E-state index contributed by atoms with van der Waals surface area (Å²) in [6.07, 6.45) is 7.12. The molecule has 1 spiro atoms. The summed E-state index contributed by atoms with van der Waals surface area (Å²) in [4.78, 5) is 21.5. The van der Waals surface area contributed by atoms with Crippen LogP contribution >= 0.6 is 0 Å². The van der Waals surface area contributed by atoms with Crippen molar-refractivity contribution >= 4 is 11.9 Å². The molecule has 2 atom stereocenters. The molecule has 0 heterocycles. The number of carboxylic acid groups (broad SMARTS) is 1. The van der Waals surface area contributed by atoms with E-state index in [1.807, 2.05) is 6.08 Å². The molecule has 2 rings (SSSR count). The molecule has 0 aliphatic heterocycles. The maximum absolute atomic E-state index is 11.2. The molecule has 92 valence electrons. The fourth-order valence-corrected chi connectivity index (χ4v) is 2.37. The predicted octanol–water partition coefficient (Wildman–Crippen LogP) is 1.92. The highest BCUT2D eigenvalue weighted by Gasteiger charge is 2.54. The van der Waals surface area contributed by atoms with Gasteiger partial charge < -0.3 is 9.84 Å². The van der Waals surface area contributed by atoms with Crippen LogP contribution in [0.3, 0.4) is 0 Å². The van der Waals surface area contributed by atoms with Gasteiger partial charge in [0.1, 0.15) is 0 Å². The van der Waals surface area contributed by atoms with Gasteiger partial charge in [-0.2, -0.15) is 0 Å². The van der Waals surface area contributed by atoms with Gasteiger partial charge in [0.15, 0.2) is 0 Å². The molecule has 0 aromatic heterocycles. The van der Waals surface area contributed by atoms with Crippen molar-refractivity contribution in [1.82, 2.24) is 0 Å². The highest BCUT2D eigenvalue weighted by atomic mass is 16.5. The number of ether oxygens (including phenoxy) is 1. The lowest BCUT2D eigenvalue weighted by Gasteiger charge is -2.10. The smallest absolute Gasteiger partial charge is 0.306 e. The van der Waals surface area contributed by atoms with Gasteiger partial charge in [0.05, 0.1) is 19.4 Å². The lowest BCUT2D eigenvalue weighted by atomic mass is 9.98. The molecule has 4 heteroatoms. The largest absolute Gasteiger partial charge is 0.481 e. The lowest BCUT2D eigenvalue weighted by Crippen LogP contribution is -2.12. The number of hydrogen-bond donors (Lipinski definition) is 1. The van der Waals surface area contributed by atoms with Crippen LogP contribution in [0.4, 0.5) is 0 Å². The van der Waals surface area contributed by atoms with Crippen molar-refractivity contribution < 1.29 is 19.4 Å². The molecule has 0 amide bonds. The second kappa shape index (κ2) is 4.35. The first-order valence-electron chi connectivity index (χ1n) is 5.78. The number of hydrogen-bond acceptors (Lipinski definition) is 3. The Morgan fingerprint density at radius 3 is 2.88 bits per heavy atom. The van der Waals surface area contributed by atoms with Crippen LogP contribution in [-0.4, -0.2) is 23.7 Å². The van der Waals surface area contributed by atoms with Crippen molar-refractivity contribution in [3.05, 3.63) is 23.8 Å². The highest BCUT2D eigenvalue weighted by Crippen LogP contribution is 2.60. The topological polar surface area (TPSA) is 63.6 Å². The van der Waals surface area contributed by atoms with Crippen molar-refractivity contribution in [2.75, 3.05) is 6.61 Å². The van der Waals surface area contributed by atoms with Gasteiger partial charge in [0.2, 0.25) is 0 Å². The van der Waals surface area contributed by atoms with E-state index < -0.39 is 11.9 Å². The summed E-state index contributed by atoms with van der Waals surface area (Å²) in [6, 6.07) is 0. The van der Waals surface area contributed by atoms with Crippen LogP contribution in [0.25, 0.3) is 0 Å². The fraction of sp³-hybridized carbons (Fsp3) is 0.538. The van der Waals surface area contributed by atoms with Gasteiger partial charge in [0.25, 0.3) is 0 Å². The van der Waals surface area contributed by atoms with E-state index in [-0.39, 0.29) is 18.3 Å². The SMILES string of the molecule is CC1=CC=CC12CC2COC(=O)CCC(=O)O. The zero-order valence-electron chi connectivity index (χ0n) is 9.81. The van der Waals surface area contributed by atoms with E-state index >= 15 is 0 Å². The Kier molecular flexibility index (Phi) is 3.05. The number of aliphatic carboxylic acids is 1. The second-order valence-corrected chi connectivity index (χ2v) is 4.73. The first-order valence-corrected chi connectivity index (χ1v) is 5.78. The number of rotatable bonds is 5. The molecule has 0 radical (unpaired) electrons. The van der Waals surface area contributed by atoms with Crippen LogP contribution < -0.4 is 0 Å². The number of esters is 1. The molecule has 0 aromatic carbocycles. The molecule has 0 bridgehead atoms. The molecule has 17 heavy (non-hydrogen) atoms. The van der Waals surface area contributed by atoms with Crippen LogP contribution in [0.1, 0.15) is 26.2 Å². The van der Waals surface area contributed by atoms with Gasteiger partial charge in [-0.25, -0.2) is 0 Å². The number of carbonyl (C=O) groups excluding carboxylic acids is 1. The summed E-state index contributed by atoms with van der Waals surface area (Å²) in [5.41, 5.74) is 1.46. The summed E-state index contributed by atoms with van der Waals surface area (Å²) in [7, 11) is 0. The maximum Gasteiger partial charge on any atom is 0.306 e. The quantitative estimate of drug-likeness (QED) is 0.741. The van der Waals surface area contributed by atoms with Crippen molar-refractivity contribution in [1.29, 1.82) is 0 Å². The summed E-state index contributed by atoms with van der Waals surface area (Å²) in [5.74, 6) is -1.02. The van der Waals surface area contributed by atoms with Crippen LogP contribution in [-0.2, 0) is 14.3 Å². The lowest BCUT2D eigenvalue weighted by molar-refractivity contribution is -0.148. The van der Waals surface area contributed by atoms with Crippen molar-refractivity contribution in [2.45, 2.75) is 26.2 Å². The predicted molar refractivity (Wildman–Crippen MR) is 61.3 cm³/mol. The van der Waals surface area contributed by atoms with Gasteiger partial charge in [-0.05, 0) is 13.3 Å². The molecule has 2 unspecified atom stereocenters. The summed E-state index contributed by atoms with van der Waals surface area (Å²) in [5, 5.41) is 8.43. The van der Waals surface area contributed by atoms with Crippen LogP contribution in [0.2, 0.25) is 0 Å². The van der Waals surface area contributed by atoms with E-state index in [9.17, 15) is 9.59 Å². The maximum atomic E-state index is 11.2. The van der Waals surface area contributed by atoms with E-state index in [4.69, 9.17) is 9.84 Å². The average molecular weight is 236 g/mol. The molecule has 2 aliphatic rings.